The highest BCUT2D eigenvalue weighted by Gasteiger charge is 2.18. The van der Waals surface area contributed by atoms with Crippen molar-refractivity contribution < 1.29 is 13.6 Å². The molecule has 2 heterocycles. The summed E-state index contributed by atoms with van der Waals surface area (Å²) >= 11 is 0. The van der Waals surface area contributed by atoms with Crippen LogP contribution in [0.2, 0.25) is 0 Å². The molecule has 0 unspecified atom stereocenters. The molecule has 1 aromatic heterocycles. The Morgan fingerprint density at radius 2 is 1.77 bits per heavy atom. The molecule has 0 spiro atoms. The number of hydrogen-bond donors (Lipinski definition) is 1. The molecule has 6 heteroatoms. The zero-order valence-electron chi connectivity index (χ0n) is 16.6. The molecule has 3 aromatic rings. The van der Waals surface area contributed by atoms with Crippen LogP contribution in [0.4, 0.5) is 15.8 Å². The fourth-order valence-electron chi connectivity index (χ4n) is 3.52. The highest BCUT2D eigenvalue weighted by Crippen LogP contribution is 2.20. The van der Waals surface area contributed by atoms with Crippen LogP contribution in [-0.4, -0.2) is 37.0 Å². The Balaban J connectivity index is 1.27. The summed E-state index contributed by atoms with van der Waals surface area (Å²) in [5, 5.41) is 2.84. The zero-order valence-corrected chi connectivity index (χ0v) is 16.6. The van der Waals surface area contributed by atoms with Crippen molar-refractivity contribution in [2.24, 2.45) is 0 Å². The summed E-state index contributed by atoms with van der Waals surface area (Å²) in [4.78, 5) is 16.6. The Morgan fingerprint density at radius 1 is 1.00 bits per heavy atom. The van der Waals surface area contributed by atoms with E-state index in [9.17, 15) is 9.18 Å². The first-order chi connectivity index (χ1) is 14.7. The molecule has 30 heavy (non-hydrogen) atoms. The Kier molecular flexibility index (Phi) is 6.25. The summed E-state index contributed by atoms with van der Waals surface area (Å²) in [5.74, 6) is 0.284. The average molecular weight is 405 g/mol. The molecule has 1 N–H and O–H groups in total. The van der Waals surface area contributed by atoms with Crippen LogP contribution in [0.25, 0.3) is 6.08 Å². The second-order valence-electron chi connectivity index (χ2n) is 7.24. The Morgan fingerprint density at radius 3 is 2.47 bits per heavy atom. The van der Waals surface area contributed by atoms with Gasteiger partial charge in [-0.3, -0.25) is 9.69 Å². The van der Waals surface area contributed by atoms with Crippen molar-refractivity contribution in [2.45, 2.75) is 6.54 Å². The van der Waals surface area contributed by atoms with E-state index < -0.39 is 0 Å². The number of hydrogen-bond acceptors (Lipinski definition) is 4. The minimum atomic E-state index is -0.207. The fourth-order valence-corrected chi connectivity index (χ4v) is 3.52. The molecule has 0 atom stereocenters. The van der Waals surface area contributed by atoms with Gasteiger partial charge in [0.2, 0.25) is 5.91 Å². The third-order valence-electron chi connectivity index (χ3n) is 5.17. The Hall–Kier alpha value is -3.38. The lowest BCUT2D eigenvalue weighted by Crippen LogP contribution is -2.46. The second-order valence-corrected chi connectivity index (χ2v) is 7.24. The van der Waals surface area contributed by atoms with Gasteiger partial charge in [0.25, 0.3) is 0 Å². The number of rotatable bonds is 6. The van der Waals surface area contributed by atoms with Gasteiger partial charge in [-0.2, -0.15) is 0 Å². The minimum absolute atomic E-state index is 0.142. The molecule has 0 radical (unpaired) electrons. The number of furan rings is 1. The number of carbonyl (C=O) groups excluding carboxylic acids is 1. The van der Waals surface area contributed by atoms with Gasteiger partial charge >= 0.3 is 0 Å². The third kappa shape index (κ3) is 5.15. The number of nitrogens with one attached hydrogen (secondary N) is 1. The summed E-state index contributed by atoms with van der Waals surface area (Å²) in [7, 11) is 0. The summed E-state index contributed by atoms with van der Waals surface area (Å²) in [6, 6.07) is 18.3. The van der Waals surface area contributed by atoms with Gasteiger partial charge < -0.3 is 14.6 Å². The number of amides is 1. The number of halogens is 1. The van der Waals surface area contributed by atoms with Crippen molar-refractivity contribution in [1.29, 1.82) is 0 Å². The molecule has 1 aliphatic rings. The van der Waals surface area contributed by atoms with Crippen molar-refractivity contribution in [3.63, 3.8) is 0 Å². The Labute approximate surface area is 175 Å². The Bertz CT molecular complexity index is 992. The number of piperazine rings is 1. The van der Waals surface area contributed by atoms with Gasteiger partial charge in [0.1, 0.15) is 11.6 Å². The van der Waals surface area contributed by atoms with Gasteiger partial charge in [-0.1, -0.05) is 18.2 Å². The molecule has 0 aliphatic carbocycles. The molecular weight excluding hydrogens is 381 g/mol. The van der Waals surface area contributed by atoms with Crippen LogP contribution < -0.4 is 10.2 Å². The standard InChI is InChI=1S/C24H24FN3O2/c25-23-6-2-1-4-19(23)18-27-13-15-28(16-14-27)21-9-7-20(8-10-21)26-24(29)12-11-22-5-3-17-30-22/h1-12,17H,13-16,18H2,(H,26,29)/b12-11+. The first-order valence-corrected chi connectivity index (χ1v) is 10.0. The van der Waals surface area contributed by atoms with E-state index in [2.05, 4.69) is 15.1 Å². The maximum absolute atomic E-state index is 13.9. The topological polar surface area (TPSA) is 48.7 Å². The van der Waals surface area contributed by atoms with Gasteiger partial charge in [-0.05, 0) is 48.5 Å². The smallest absolute Gasteiger partial charge is 0.248 e. The van der Waals surface area contributed by atoms with Crippen LogP contribution in [0.3, 0.4) is 0 Å². The number of benzene rings is 2. The van der Waals surface area contributed by atoms with E-state index in [1.165, 1.54) is 12.1 Å². The van der Waals surface area contributed by atoms with Crippen LogP contribution in [0.5, 0.6) is 0 Å². The molecule has 1 aliphatic heterocycles. The molecule has 5 nitrogen and oxygen atoms in total. The minimum Gasteiger partial charge on any atom is -0.465 e. The maximum Gasteiger partial charge on any atom is 0.248 e. The molecule has 0 saturated carbocycles. The monoisotopic (exact) mass is 405 g/mol. The largest absolute Gasteiger partial charge is 0.465 e. The second kappa shape index (κ2) is 9.41. The first kappa shape index (κ1) is 19.9. The van der Waals surface area contributed by atoms with Crippen molar-refractivity contribution in [1.82, 2.24) is 4.90 Å². The maximum atomic E-state index is 13.9. The van der Waals surface area contributed by atoms with E-state index in [4.69, 9.17) is 4.42 Å². The fraction of sp³-hybridized carbons (Fsp3) is 0.208. The van der Waals surface area contributed by atoms with E-state index >= 15 is 0 Å². The zero-order chi connectivity index (χ0) is 20.8. The van der Waals surface area contributed by atoms with Crippen molar-refractivity contribution >= 4 is 23.4 Å². The predicted octanol–water partition coefficient (Wildman–Crippen LogP) is 4.39. The van der Waals surface area contributed by atoms with Gasteiger partial charge in [0.15, 0.2) is 0 Å². The molecule has 2 aromatic carbocycles. The van der Waals surface area contributed by atoms with Crippen molar-refractivity contribution in [2.75, 3.05) is 36.4 Å². The molecule has 4 rings (SSSR count). The summed E-state index contributed by atoms with van der Waals surface area (Å²) in [5.41, 5.74) is 2.60. The van der Waals surface area contributed by atoms with E-state index in [1.54, 1.807) is 30.5 Å². The quantitative estimate of drug-likeness (QED) is 0.618. The first-order valence-electron chi connectivity index (χ1n) is 10.0. The third-order valence-corrected chi connectivity index (χ3v) is 5.17. The summed E-state index contributed by atoms with van der Waals surface area (Å²) in [6.45, 7) is 4.16. The highest BCUT2D eigenvalue weighted by molar-refractivity contribution is 6.01. The summed E-state index contributed by atoms with van der Waals surface area (Å²) in [6.07, 6.45) is 4.64. The lowest BCUT2D eigenvalue weighted by Gasteiger charge is -2.36. The van der Waals surface area contributed by atoms with Crippen molar-refractivity contribution in [3.8, 4) is 0 Å². The summed E-state index contributed by atoms with van der Waals surface area (Å²) < 4.78 is 19.0. The lowest BCUT2D eigenvalue weighted by molar-refractivity contribution is -0.111. The van der Waals surface area contributed by atoms with Gasteiger partial charge in [-0.15, -0.1) is 0 Å². The van der Waals surface area contributed by atoms with E-state index in [1.807, 2.05) is 36.4 Å². The average Bonchev–Trinajstić information content (AvgIpc) is 3.29. The molecule has 154 valence electrons. The van der Waals surface area contributed by atoms with Crippen LogP contribution >= 0.6 is 0 Å². The van der Waals surface area contributed by atoms with Crippen LogP contribution in [0.15, 0.2) is 77.4 Å². The number of carbonyl (C=O) groups is 1. The SMILES string of the molecule is O=C(/C=C/c1ccco1)Nc1ccc(N2CCN(Cc3ccccc3F)CC2)cc1. The molecular formula is C24H24FN3O2. The molecule has 0 bridgehead atoms. The normalized spacial score (nSPS) is 14.9. The lowest BCUT2D eigenvalue weighted by atomic mass is 10.1. The number of anilines is 2. The molecule has 1 fully saturated rings. The van der Waals surface area contributed by atoms with Gasteiger partial charge in [-0.25, -0.2) is 4.39 Å². The highest BCUT2D eigenvalue weighted by atomic mass is 19.1. The predicted molar refractivity (Wildman–Crippen MR) is 117 cm³/mol. The van der Waals surface area contributed by atoms with E-state index in [-0.39, 0.29) is 11.7 Å². The van der Waals surface area contributed by atoms with Crippen LogP contribution in [-0.2, 0) is 11.3 Å². The molecule has 1 amide bonds. The number of nitrogens with zero attached hydrogens (tertiary/aromatic N) is 2. The van der Waals surface area contributed by atoms with Gasteiger partial charge in [0, 0.05) is 55.7 Å². The van der Waals surface area contributed by atoms with Crippen LogP contribution in [0, 0.1) is 5.82 Å². The van der Waals surface area contributed by atoms with Crippen molar-refractivity contribution in [3.05, 3.63) is 90.1 Å². The molecule has 1 saturated heterocycles. The van der Waals surface area contributed by atoms with Gasteiger partial charge in [0.05, 0.1) is 6.26 Å². The van der Waals surface area contributed by atoms with E-state index in [0.717, 1.165) is 43.1 Å². The van der Waals surface area contributed by atoms with Crippen LogP contribution in [0.1, 0.15) is 11.3 Å². The van der Waals surface area contributed by atoms with E-state index in [0.29, 0.717) is 12.3 Å².